The maximum Gasteiger partial charge on any atom is 0.261 e. The van der Waals surface area contributed by atoms with E-state index < -0.39 is 5.82 Å². The molecular weight excluding hydrogens is 547 g/mol. The zero-order valence-corrected chi connectivity index (χ0v) is 21.3. The molecule has 0 radical (unpaired) electrons. The minimum absolute atomic E-state index is 0.0240. The molecule has 1 amide bonds. The van der Waals surface area contributed by atoms with Crippen LogP contribution in [-0.4, -0.2) is 36.5 Å². The molecule has 2 atom stereocenters. The lowest BCUT2D eigenvalue weighted by atomic mass is 9.90. The number of carbonyl (C=O) groups excluding carboxylic acids is 1. The highest BCUT2D eigenvalue weighted by Gasteiger charge is 2.30. The standard InChI is InChI=1S/C25H20BrFN6O2S/c26-21-7-6-20(36-21)24(34)31-14-3-1-4-15(11-14)33-19-12-17(25-29-9-10-35-25)30-13-18(19)32-23(33)22-16(27)5-2-8-28-22/h2,5-10,12-15H,1,3-4,11H2,(H,31,34)/t14-,15+/m0/s1. The number of hydrogen-bond donors (Lipinski definition) is 1. The lowest BCUT2D eigenvalue weighted by molar-refractivity contribution is 0.0925. The van der Waals surface area contributed by atoms with Crippen molar-refractivity contribution in [2.45, 2.75) is 37.8 Å². The summed E-state index contributed by atoms with van der Waals surface area (Å²) in [4.78, 5) is 31.2. The van der Waals surface area contributed by atoms with Crippen molar-refractivity contribution < 1.29 is 13.6 Å². The Bertz CT molecular complexity index is 1550. The van der Waals surface area contributed by atoms with E-state index in [0.29, 0.717) is 34.2 Å². The van der Waals surface area contributed by atoms with E-state index in [2.05, 4.69) is 36.2 Å². The summed E-state index contributed by atoms with van der Waals surface area (Å²) in [5.41, 5.74) is 2.16. The second-order valence-corrected chi connectivity index (χ2v) is 11.1. The molecule has 1 aliphatic rings. The van der Waals surface area contributed by atoms with Crippen molar-refractivity contribution in [2.24, 2.45) is 0 Å². The maximum absolute atomic E-state index is 14.9. The number of imidazole rings is 1. The normalized spacial score (nSPS) is 17.9. The summed E-state index contributed by atoms with van der Waals surface area (Å²) in [6, 6.07) is 8.43. The fourth-order valence-electron chi connectivity index (χ4n) is 4.77. The summed E-state index contributed by atoms with van der Waals surface area (Å²) in [6.07, 6.45) is 9.58. The van der Waals surface area contributed by atoms with E-state index in [1.54, 1.807) is 24.7 Å². The first-order valence-electron chi connectivity index (χ1n) is 11.5. The number of nitrogens with zero attached hydrogens (tertiary/aromatic N) is 5. The molecule has 36 heavy (non-hydrogen) atoms. The van der Waals surface area contributed by atoms with Crippen LogP contribution in [0.5, 0.6) is 0 Å². The van der Waals surface area contributed by atoms with Crippen molar-refractivity contribution in [3.63, 3.8) is 0 Å². The van der Waals surface area contributed by atoms with Crippen LogP contribution < -0.4 is 5.32 Å². The Hall–Kier alpha value is -3.44. The molecule has 1 aliphatic carbocycles. The van der Waals surface area contributed by atoms with Gasteiger partial charge in [-0.15, -0.1) is 11.3 Å². The van der Waals surface area contributed by atoms with Gasteiger partial charge in [-0.25, -0.2) is 24.3 Å². The predicted octanol–water partition coefficient (Wildman–Crippen LogP) is 6.03. The minimum Gasteiger partial charge on any atom is -0.443 e. The molecule has 0 spiro atoms. The molecule has 182 valence electrons. The number of halogens is 2. The molecular formula is C25H20BrFN6O2S. The van der Waals surface area contributed by atoms with Gasteiger partial charge < -0.3 is 14.3 Å². The molecule has 0 aromatic carbocycles. The second-order valence-electron chi connectivity index (χ2n) is 8.63. The maximum atomic E-state index is 14.9. The van der Waals surface area contributed by atoms with E-state index >= 15 is 0 Å². The fraction of sp³-hybridized carbons (Fsp3) is 0.240. The minimum atomic E-state index is -0.445. The number of fused-ring (bicyclic) bond motifs is 1. The molecule has 1 saturated carbocycles. The number of hydrogen-bond acceptors (Lipinski definition) is 7. The van der Waals surface area contributed by atoms with Crippen LogP contribution in [0.25, 0.3) is 34.1 Å². The summed E-state index contributed by atoms with van der Waals surface area (Å²) < 4.78 is 23.3. The predicted molar refractivity (Wildman–Crippen MR) is 137 cm³/mol. The summed E-state index contributed by atoms with van der Waals surface area (Å²) in [5.74, 6) is 0.303. The molecule has 1 N–H and O–H groups in total. The average molecular weight is 567 g/mol. The van der Waals surface area contributed by atoms with Gasteiger partial charge in [0.25, 0.3) is 5.91 Å². The number of thiophene rings is 1. The largest absolute Gasteiger partial charge is 0.443 e. The molecule has 5 aromatic rings. The summed E-state index contributed by atoms with van der Waals surface area (Å²) in [7, 11) is 0. The van der Waals surface area contributed by atoms with Crippen molar-refractivity contribution in [3.8, 4) is 23.1 Å². The Morgan fingerprint density at radius 1 is 1.19 bits per heavy atom. The summed E-state index contributed by atoms with van der Waals surface area (Å²) in [6.45, 7) is 0. The Kier molecular flexibility index (Phi) is 6.10. The van der Waals surface area contributed by atoms with Crippen molar-refractivity contribution in [3.05, 3.63) is 69.7 Å². The number of oxazole rings is 1. The number of amides is 1. The van der Waals surface area contributed by atoms with Crippen LogP contribution in [-0.2, 0) is 0 Å². The van der Waals surface area contributed by atoms with Gasteiger partial charge in [0.15, 0.2) is 11.6 Å². The molecule has 0 bridgehead atoms. The topological polar surface area (TPSA) is 98.7 Å². The number of nitrogens with one attached hydrogen (secondary N) is 1. The summed E-state index contributed by atoms with van der Waals surface area (Å²) in [5, 5.41) is 3.18. The Labute approximate surface area is 217 Å². The van der Waals surface area contributed by atoms with Gasteiger partial charge in [0.05, 0.1) is 26.6 Å². The Morgan fingerprint density at radius 2 is 2.11 bits per heavy atom. The number of rotatable bonds is 5. The Balaban J connectivity index is 1.40. The van der Waals surface area contributed by atoms with Gasteiger partial charge in [-0.3, -0.25) is 4.79 Å². The van der Waals surface area contributed by atoms with Crippen molar-refractivity contribution in [1.82, 2.24) is 29.8 Å². The van der Waals surface area contributed by atoms with Crippen LogP contribution in [0.4, 0.5) is 4.39 Å². The van der Waals surface area contributed by atoms with Crippen LogP contribution in [0.15, 0.2) is 63.4 Å². The lowest BCUT2D eigenvalue weighted by Gasteiger charge is -2.32. The van der Waals surface area contributed by atoms with E-state index in [1.807, 2.05) is 22.8 Å². The molecule has 11 heteroatoms. The van der Waals surface area contributed by atoms with Gasteiger partial charge in [0.1, 0.15) is 23.2 Å². The van der Waals surface area contributed by atoms with Crippen LogP contribution in [0.3, 0.4) is 0 Å². The second kappa shape index (κ2) is 9.55. The number of carbonyl (C=O) groups is 1. The van der Waals surface area contributed by atoms with E-state index in [4.69, 9.17) is 9.40 Å². The monoisotopic (exact) mass is 566 g/mol. The van der Waals surface area contributed by atoms with Crippen LogP contribution in [0.1, 0.15) is 41.4 Å². The molecule has 6 rings (SSSR count). The third kappa shape index (κ3) is 4.33. The molecule has 8 nitrogen and oxygen atoms in total. The van der Waals surface area contributed by atoms with E-state index in [-0.39, 0.29) is 23.7 Å². The van der Waals surface area contributed by atoms with E-state index in [1.165, 1.54) is 23.7 Å². The average Bonchev–Trinajstić information content (AvgIpc) is 3.64. The highest BCUT2D eigenvalue weighted by Crippen LogP contribution is 2.37. The quantitative estimate of drug-likeness (QED) is 0.279. The summed E-state index contributed by atoms with van der Waals surface area (Å²) >= 11 is 4.82. The van der Waals surface area contributed by atoms with Gasteiger partial charge in [0, 0.05) is 18.3 Å². The van der Waals surface area contributed by atoms with Gasteiger partial charge in [-0.05, 0) is 71.9 Å². The van der Waals surface area contributed by atoms with Gasteiger partial charge >= 0.3 is 0 Å². The molecule has 0 unspecified atom stereocenters. The zero-order valence-electron chi connectivity index (χ0n) is 18.9. The SMILES string of the molecule is O=C(N[C@H]1CCC[C@@H](n2c(-c3ncccc3F)nc3cnc(-c4ncco4)cc32)C1)c1ccc(Br)s1. The molecule has 1 fully saturated rings. The van der Waals surface area contributed by atoms with Crippen molar-refractivity contribution >= 4 is 44.2 Å². The van der Waals surface area contributed by atoms with Crippen LogP contribution >= 0.6 is 27.3 Å². The van der Waals surface area contributed by atoms with Crippen LogP contribution in [0, 0.1) is 5.82 Å². The van der Waals surface area contributed by atoms with E-state index in [9.17, 15) is 9.18 Å². The first-order chi connectivity index (χ1) is 17.6. The smallest absolute Gasteiger partial charge is 0.261 e. The fourth-order valence-corrected chi connectivity index (χ4v) is 6.06. The van der Waals surface area contributed by atoms with Gasteiger partial charge in [-0.1, -0.05) is 0 Å². The van der Waals surface area contributed by atoms with Crippen LogP contribution in [0.2, 0.25) is 0 Å². The first kappa shape index (κ1) is 23.0. The highest BCUT2D eigenvalue weighted by atomic mass is 79.9. The first-order valence-corrected chi connectivity index (χ1v) is 13.1. The molecule has 0 aliphatic heterocycles. The van der Waals surface area contributed by atoms with E-state index in [0.717, 1.165) is 28.6 Å². The number of aromatic nitrogens is 5. The number of pyridine rings is 2. The molecule has 0 saturated heterocycles. The van der Waals surface area contributed by atoms with Gasteiger partial charge in [0.2, 0.25) is 5.89 Å². The van der Waals surface area contributed by atoms with Crippen molar-refractivity contribution in [2.75, 3.05) is 0 Å². The van der Waals surface area contributed by atoms with Crippen molar-refractivity contribution in [1.29, 1.82) is 0 Å². The van der Waals surface area contributed by atoms with Gasteiger partial charge in [-0.2, -0.15) is 0 Å². The highest BCUT2D eigenvalue weighted by molar-refractivity contribution is 9.11. The Morgan fingerprint density at radius 3 is 2.89 bits per heavy atom. The zero-order chi connectivity index (χ0) is 24.6. The molecule has 5 aromatic heterocycles. The third-order valence-corrected chi connectivity index (χ3v) is 7.96. The lowest BCUT2D eigenvalue weighted by Crippen LogP contribution is -2.38. The third-order valence-electron chi connectivity index (χ3n) is 6.34. The molecule has 5 heterocycles.